The van der Waals surface area contributed by atoms with Crippen LogP contribution in [0.3, 0.4) is 0 Å². The lowest BCUT2D eigenvalue weighted by molar-refractivity contribution is -0.153. The third-order valence-electron chi connectivity index (χ3n) is 6.09. The number of carbonyl (C=O) groups is 3. The zero-order chi connectivity index (χ0) is 20.8. The second kappa shape index (κ2) is 7.35. The molecular weight excluding hydrogens is 408 g/mol. The van der Waals surface area contributed by atoms with Gasteiger partial charge in [-0.05, 0) is 35.5 Å². The van der Waals surface area contributed by atoms with Crippen molar-refractivity contribution in [3.63, 3.8) is 0 Å². The van der Waals surface area contributed by atoms with Crippen molar-refractivity contribution in [1.29, 1.82) is 0 Å². The van der Waals surface area contributed by atoms with Crippen molar-refractivity contribution in [1.82, 2.24) is 10.6 Å². The molecular formula is C22H19ClN2O3S. The van der Waals surface area contributed by atoms with Crippen LogP contribution in [0, 0.1) is 11.3 Å². The summed E-state index contributed by atoms with van der Waals surface area (Å²) in [7, 11) is 0. The molecule has 0 radical (unpaired) electrons. The Labute approximate surface area is 178 Å². The first-order valence-corrected chi connectivity index (χ1v) is 10.1. The van der Waals surface area contributed by atoms with Crippen molar-refractivity contribution in [3.8, 4) is 0 Å². The van der Waals surface area contributed by atoms with E-state index in [1.165, 1.54) is 0 Å². The second-order valence-corrected chi connectivity index (χ2v) is 8.40. The van der Waals surface area contributed by atoms with Crippen molar-refractivity contribution in [2.45, 2.75) is 25.2 Å². The quantitative estimate of drug-likeness (QED) is 0.570. The van der Waals surface area contributed by atoms with Crippen molar-refractivity contribution in [2.24, 2.45) is 11.3 Å². The van der Waals surface area contributed by atoms with Gasteiger partial charge in [0, 0.05) is 29.2 Å². The molecule has 148 valence electrons. The van der Waals surface area contributed by atoms with Gasteiger partial charge in [-0.2, -0.15) is 0 Å². The molecule has 2 fully saturated rings. The molecule has 1 spiro atoms. The first-order chi connectivity index (χ1) is 13.9. The highest BCUT2D eigenvalue weighted by Gasteiger charge is 2.64. The fourth-order valence-corrected chi connectivity index (χ4v) is 5.09. The van der Waals surface area contributed by atoms with E-state index in [0.717, 1.165) is 5.56 Å². The second-order valence-electron chi connectivity index (χ2n) is 7.56. The van der Waals surface area contributed by atoms with Crippen molar-refractivity contribution < 1.29 is 14.4 Å². The number of rotatable bonds is 2. The van der Waals surface area contributed by atoms with Crippen LogP contribution in [0.5, 0.6) is 0 Å². The van der Waals surface area contributed by atoms with Gasteiger partial charge in [0.1, 0.15) is 11.2 Å². The maximum absolute atomic E-state index is 13.5. The van der Waals surface area contributed by atoms with Crippen LogP contribution in [-0.2, 0) is 14.4 Å². The molecule has 7 heteroatoms. The van der Waals surface area contributed by atoms with E-state index < -0.39 is 35.0 Å². The molecule has 2 N–H and O–H groups in total. The Hall–Kier alpha value is -2.57. The largest absolute Gasteiger partial charge is 0.302 e. The molecule has 1 saturated carbocycles. The maximum Gasteiger partial charge on any atom is 0.243 e. The summed E-state index contributed by atoms with van der Waals surface area (Å²) in [5.74, 6) is -2.72. The van der Waals surface area contributed by atoms with Gasteiger partial charge in [0.15, 0.2) is 5.11 Å². The van der Waals surface area contributed by atoms with Crippen LogP contribution >= 0.6 is 23.8 Å². The minimum atomic E-state index is -1.51. The monoisotopic (exact) mass is 426 g/mol. The number of halogens is 1. The highest BCUT2D eigenvalue weighted by molar-refractivity contribution is 7.80. The number of carbonyl (C=O) groups excluding carboxylic acids is 3. The molecule has 29 heavy (non-hydrogen) atoms. The summed E-state index contributed by atoms with van der Waals surface area (Å²) in [4.78, 5) is 40.0. The number of hydrogen-bond acceptors (Lipinski definition) is 4. The maximum atomic E-state index is 13.5. The van der Waals surface area contributed by atoms with E-state index in [4.69, 9.17) is 23.8 Å². The molecule has 1 heterocycles. The minimum absolute atomic E-state index is 0.0122. The minimum Gasteiger partial charge on any atom is -0.302 e. The molecule has 0 bridgehead atoms. The average Bonchev–Trinajstić information content (AvgIpc) is 2.69. The van der Waals surface area contributed by atoms with Crippen LogP contribution in [0.15, 0.2) is 54.6 Å². The predicted molar refractivity (Wildman–Crippen MR) is 113 cm³/mol. The van der Waals surface area contributed by atoms with Gasteiger partial charge >= 0.3 is 0 Å². The summed E-state index contributed by atoms with van der Waals surface area (Å²) in [6.45, 7) is 1.79. The topological polar surface area (TPSA) is 75.3 Å². The van der Waals surface area contributed by atoms with Gasteiger partial charge in [0.05, 0.1) is 0 Å². The third kappa shape index (κ3) is 3.07. The summed E-state index contributed by atoms with van der Waals surface area (Å²) < 4.78 is 0. The van der Waals surface area contributed by atoms with E-state index in [2.05, 4.69) is 10.6 Å². The number of ketones is 1. The zero-order valence-corrected chi connectivity index (χ0v) is 17.2. The van der Waals surface area contributed by atoms with Crippen LogP contribution < -0.4 is 10.6 Å². The Balaban J connectivity index is 1.98. The molecule has 2 aromatic carbocycles. The van der Waals surface area contributed by atoms with Crippen LogP contribution in [0.2, 0.25) is 5.02 Å². The van der Waals surface area contributed by atoms with Gasteiger partial charge in [0.25, 0.3) is 0 Å². The first-order valence-electron chi connectivity index (χ1n) is 9.35. The summed E-state index contributed by atoms with van der Waals surface area (Å²) in [5.41, 5.74) is -0.0241. The predicted octanol–water partition coefficient (Wildman–Crippen LogP) is 3.33. The summed E-state index contributed by atoms with van der Waals surface area (Å²) in [6.07, 6.45) is 0.0831. The van der Waals surface area contributed by atoms with E-state index in [1.807, 2.05) is 30.3 Å². The highest BCUT2D eigenvalue weighted by Crippen LogP contribution is 2.57. The number of amides is 2. The van der Waals surface area contributed by atoms with E-state index >= 15 is 0 Å². The molecule has 0 unspecified atom stereocenters. The lowest BCUT2D eigenvalue weighted by Gasteiger charge is -2.50. The van der Waals surface area contributed by atoms with Crippen molar-refractivity contribution in [3.05, 3.63) is 70.7 Å². The van der Waals surface area contributed by atoms with Crippen LogP contribution in [0.4, 0.5) is 0 Å². The Bertz CT molecular complexity index is 986. The van der Waals surface area contributed by atoms with Crippen LogP contribution in [0.25, 0.3) is 0 Å². The van der Waals surface area contributed by atoms with Gasteiger partial charge < -0.3 is 10.6 Å². The lowest BCUT2D eigenvalue weighted by Crippen LogP contribution is -2.68. The molecule has 1 aliphatic heterocycles. The molecule has 2 aliphatic rings. The van der Waals surface area contributed by atoms with Gasteiger partial charge in [0.2, 0.25) is 11.8 Å². The third-order valence-corrected chi connectivity index (χ3v) is 6.55. The number of benzene rings is 2. The Morgan fingerprint density at radius 1 is 0.931 bits per heavy atom. The van der Waals surface area contributed by atoms with Gasteiger partial charge in [-0.1, -0.05) is 61.0 Å². The first kappa shape index (κ1) is 19.7. The lowest BCUT2D eigenvalue weighted by atomic mass is 9.51. The van der Waals surface area contributed by atoms with E-state index in [0.29, 0.717) is 10.6 Å². The van der Waals surface area contributed by atoms with Gasteiger partial charge in [-0.15, -0.1) is 0 Å². The molecule has 0 aromatic heterocycles. The number of thiocarbonyl (C=S) groups is 1. The highest BCUT2D eigenvalue weighted by atomic mass is 35.5. The summed E-state index contributed by atoms with van der Waals surface area (Å²) in [5, 5.41) is 5.80. The number of Topliss-reactive ketones (excluding diaryl/α,β-unsaturated/α-hetero) is 1. The number of hydrogen-bond donors (Lipinski definition) is 2. The smallest absolute Gasteiger partial charge is 0.243 e. The van der Waals surface area contributed by atoms with Crippen molar-refractivity contribution >= 4 is 46.5 Å². The molecule has 2 amide bonds. The fourth-order valence-electron chi connectivity index (χ4n) is 4.78. The zero-order valence-electron chi connectivity index (χ0n) is 15.6. The van der Waals surface area contributed by atoms with Crippen LogP contribution in [0.1, 0.15) is 36.3 Å². The van der Waals surface area contributed by atoms with Gasteiger partial charge in [-0.25, -0.2) is 0 Å². The van der Waals surface area contributed by atoms with Gasteiger partial charge in [-0.3, -0.25) is 14.4 Å². The number of nitrogens with one attached hydrogen (secondary N) is 2. The van der Waals surface area contributed by atoms with E-state index in [1.54, 1.807) is 31.2 Å². The molecule has 1 aliphatic carbocycles. The fraction of sp³-hybridized carbons (Fsp3) is 0.273. The molecule has 4 rings (SSSR count). The standard InChI is InChI=1S/C22H19ClN2O3S/c1-12-17(26)11-16(13-7-9-15(23)10-8-13)22(18(12)14-5-3-2-4-6-14)19(27)24-21(29)25-20(22)28/h2-10,12,16,18H,11H2,1H3,(H2,24,25,27,28,29)/t12-,16+,18-/m0/s1. The summed E-state index contributed by atoms with van der Waals surface area (Å²) >= 11 is 11.1. The molecule has 5 nitrogen and oxygen atoms in total. The molecule has 2 aromatic rings. The summed E-state index contributed by atoms with van der Waals surface area (Å²) in [6, 6.07) is 16.2. The SMILES string of the molecule is C[C@H]1C(=O)C[C@H](c2ccc(Cl)cc2)C2(C(=O)NC(=S)NC2=O)[C@@H]1c1ccccc1. The Morgan fingerprint density at radius 2 is 1.52 bits per heavy atom. The molecule has 3 atom stereocenters. The van der Waals surface area contributed by atoms with Crippen LogP contribution in [-0.4, -0.2) is 22.7 Å². The average molecular weight is 427 g/mol. The Kier molecular flexibility index (Phi) is 5.00. The van der Waals surface area contributed by atoms with Crippen molar-refractivity contribution in [2.75, 3.05) is 0 Å². The normalized spacial score (nSPS) is 26.2. The Morgan fingerprint density at radius 3 is 2.10 bits per heavy atom. The van der Waals surface area contributed by atoms with E-state index in [-0.39, 0.29) is 17.3 Å². The molecule has 1 saturated heterocycles. The van der Waals surface area contributed by atoms with E-state index in [9.17, 15) is 14.4 Å².